The van der Waals surface area contributed by atoms with Gasteiger partial charge in [0.1, 0.15) is 0 Å². The van der Waals surface area contributed by atoms with Crippen molar-refractivity contribution in [1.82, 2.24) is 0 Å². The molecule has 0 aromatic rings. The van der Waals surface area contributed by atoms with Crippen molar-refractivity contribution in [1.29, 1.82) is 0 Å². The Morgan fingerprint density at radius 3 is 2.50 bits per heavy atom. The second-order valence-electron chi connectivity index (χ2n) is 2.73. The van der Waals surface area contributed by atoms with Crippen LogP contribution in [0.1, 0.15) is 12.8 Å². The highest BCUT2D eigenvalue weighted by atomic mass is 19.1. The first kappa shape index (κ1) is 7.47. The lowest BCUT2D eigenvalue weighted by atomic mass is 9.78. The van der Waals surface area contributed by atoms with Crippen molar-refractivity contribution in [2.24, 2.45) is 11.7 Å². The van der Waals surface area contributed by atoms with Crippen LogP contribution in [0.3, 0.4) is 0 Å². The van der Waals surface area contributed by atoms with Gasteiger partial charge < -0.3 is 10.8 Å². The van der Waals surface area contributed by atoms with Gasteiger partial charge >= 0.3 is 5.97 Å². The van der Waals surface area contributed by atoms with E-state index in [-0.39, 0.29) is 12.0 Å². The number of alkyl halides is 1. The highest BCUT2D eigenvalue weighted by Gasteiger charge is 2.36. The summed E-state index contributed by atoms with van der Waals surface area (Å²) in [6.45, 7) is 0. The number of rotatable bonds is 2. The van der Waals surface area contributed by atoms with Gasteiger partial charge in [-0.15, -0.1) is 0 Å². The number of hydrogen-bond donors (Lipinski definition) is 2. The molecule has 0 heterocycles. The summed E-state index contributed by atoms with van der Waals surface area (Å²) in [6, 6.07) is 0.0163. The van der Waals surface area contributed by atoms with E-state index in [1.807, 2.05) is 0 Å². The molecule has 1 aliphatic carbocycles. The number of hydrogen-bond acceptors (Lipinski definition) is 2. The molecule has 1 saturated carbocycles. The van der Waals surface area contributed by atoms with Gasteiger partial charge in [0.2, 0.25) is 0 Å². The summed E-state index contributed by atoms with van der Waals surface area (Å²) in [6.07, 6.45) is -0.694. The molecule has 1 fully saturated rings. The lowest BCUT2D eigenvalue weighted by Crippen LogP contribution is -2.43. The van der Waals surface area contributed by atoms with Gasteiger partial charge in [0.05, 0.1) is 0 Å². The molecule has 10 heavy (non-hydrogen) atoms. The van der Waals surface area contributed by atoms with Gasteiger partial charge in [0.15, 0.2) is 6.17 Å². The molecule has 0 bridgehead atoms. The van der Waals surface area contributed by atoms with Gasteiger partial charge in [0, 0.05) is 12.0 Å². The van der Waals surface area contributed by atoms with Crippen molar-refractivity contribution in [3.8, 4) is 0 Å². The van der Waals surface area contributed by atoms with Gasteiger partial charge in [-0.05, 0) is 12.8 Å². The van der Waals surface area contributed by atoms with Crippen LogP contribution >= 0.6 is 0 Å². The Labute approximate surface area is 58.0 Å². The fourth-order valence-electron chi connectivity index (χ4n) is 1.15. The third kappa shape index (κ3) is 1.26. The van der Waals surface area contributed by atoms with Crippen LogP contribution in [0.15, 0.2) is 0 Å². The average molecular weight is 147 g/mol. The Kier molecular flexibility index (Phi) is 1.89. The minimum atomic E-state index is -1.71. The van der Waals surface area contributed by atoms with E-state index in [9.17, 15) is 9.18 Å². The minimum Gasteiger partial charge on any atom is -0.479 e. The lowest BCUT2D eigenvalue weighted by Gasteiger charge is -2.32. The maximum Gasteiger partial charge on any atom is 0.338 e. The molecule has 1 rings (SSSR count). The molecule has 0 spiro atoms. The number of nitrogens with two attached hydrogens (primary N) is 1. The molecule has 0 aromatic carbocycles. The summed E-state index contributed by atoms with van der Waals surface area (Å²) < 4.78 is 12.5. The monoisotopic (exact) mass is 147 g/mol. The maximum atomic E-state index is 12.5. The van der Waals surface area contributed by atoms with Crippen LogP contribution in [0.4, 0.5) is 4.39 Å². The Hall–Kier alpha value is -0.640. The summed E-state index contributed by atoms with van der Waals surface area (Å²) in [5, 5.41) is 8.19. The van der Waals surface area contributed by atoms with E-state index in [0.717, 1.165) is 0 Å². The van der Waals surface area contributed by atoms with E-state index in [1.54, 1.807) is 0 Å². The molecule has 4 heteroatoms. The number of carbonyl (C=O) groups is 1. The highest BCUT2D eigenvalue weighted by Crippen LogP contribution is 2.30. The molecule has 1 aliphatic rings. The average Bonchev–Trinajstić information content (AvgIpc) is 1.79. The quantitative estimate of drug-likeness (QED) is 0.584. The predicted molar refractivity (Wildman–Crippen MR) is 33.2 cm³/mol. The summed E-state index contributed by atoms with van der Waals surface area (Å²) in [5.74, 6) is -1.70. The zero-order valence-electron chi connectivity index (χ0n) is 5.46. The summed E-state index contributed by atoms with van der Waals surface area (Å²) >= 11 is 0. The van der Waals surface area contributed by atoms with E-state index in [4.69, 9.17) is 10.8 Å². The van der Waals surface area contributed by atoms with E-state index in [2.05, 4.69) is 0 Å². The number of aliphatic carboxylic acids is 1. The number of carboxylic acid groups (broad SMARTS) is 1. The van der Waals surface area contributed by atoms with Crippen molar-refractivity contribution in [3.05, 3.63) is 0 Å². The third-order valence-electron chi connectivity index (χ3n) is 1.86. The van der Waals surface area contributed by atoms with Crippen LogP contribution < -0.4 is 5.73 Å². The fraction of sp³-hybridized carbons (Fsp3) is 0.833. The smallest absolute Gasteiger partial charge is 0.338 e. The van der Waals surface area contributed by atoms with Crippen LogP contribution in [-0.4, -0.2) is 23.3 Å². The molecule has 1 unspecified atom stereocenters. The number of carboxylic acids is 1. The van der Waals surface area contributed by atoms with Gasteiger partial charge in [-0.25, -0.2) is 9.18 Å². The van der Waals surface area contributed by atoms with Crippen molar-refractivity contribution < 1.29 is 14.3 Å². The topological polar surface area (TPSA) is 63.3 Å². The Balaban J connectivity index is 2.31. The molecule has 0 aromatic heterocycles. The zero-order chi connectivity index (χ0) is 7.72. The zero-order valence-corrected chi connectivity index (χ0v) is 5.46. The van der Waals surface area contributed by atoms with Gasteiger partial charge in [-0.3, -0.25) is 0 Å². The molecule has 0 saturated heterocycles. The summed E-state index contributed by atoms with van der Waals surface area (Å²) in [5.41, 5.74) is 5.35. The normalized spacial score (nSPS) is 34.6. The van der Waals surface area contributed by atoms with Crippen molar-refractivity contribution in [3.63, 3.8) is 0 Å². The van der Waals surface area contributed by atoms with Crippen molar-refractivity contribution >= 4 is 5.97 Å². The summed E-state index contributed by atoms with van der Waals surface area (Å²) in [4.78, 5) is 10.0. The SMILES string of the molecule is NC1CC(C(F)C(=O)O)C1. The Bertz CT molecular complexity index is 145. The van der Waals surface area contributed by atoms with E-state index in [0.29, 0.717) is 12.8 Å². The second kappa shape index (κ2) is 2.54. The molecular weight excluding hydrogens is 137 g/mol. The highest BCUT2D eigenvalue weighted by molar-refractivity contribution is 5.72. The molecule has 3 N–H and O–H groups in total. The van der Waals surface area contributed by atoms with Crippen LogP contribution in [0.5, 0.6) is 0 Å². The fourth-order valence-corrected chi connectivity index (χ4v) is 1.15. The van der Waals surface area contributed by atoms with E-state index < -0.39 is 12.1 Å². The first-order valence-electron chi connectivity index (χ1n) is 3.23. The van der Waals surface area contributed by atoms with Gasteiger partial charge in [-0.1, -0.05) is 0 Å². The van der Waals surface area contributed by atoms with Crippen LogP contribution in [0.25, 0.3) is 0 Å². The van der Waals surface area contributed by atoms with E-state index >= 15 is 0 Å². The second-order valence-corrected chi connectivity index (χ2v) is 2.73. The Morgan fingerprint density at radius 1 is 1.70 bits per heavy atom. The van der Waals surface area contributed by atoms with Crippen LogP contribution in [0, 0.1) is 5.92 Å². The lowest BCUT2D eigenvalue weighted by molar-refractivity contribution is -0.146. The molecule has 0 amide bonds. The van der Waals surface area contributed by atoms with Gasteiger partial charge in [0.25, 0.3) is 0 Å². The third-order valence-corrected chi connectivity index (χ3v) is 1.86. The van der Waals surface area contributed by atoms with Crippen LogP contribution in [-0.2, 0) is 4.79 Å². The summed E-state index contributed by atoms with van der Waals surface area (Å²) in [7, 11) is 0. The molecule has 58 valence electrons. The molecule has 3 nitrogen and oxygen atoms in total. The molecule has 0 aliphatic heterocycles. The first-order chi connectivity index (χ1) is 4.61. The van der Waals surface area contributed by atoms with Crippen molar-refractivity contribution in [2.45, 2.75) is 25.1 Å². The van der Waals surface area contributed by atoms with Crippen LogP contribution in [0.2, 0.25) is 0 Å². The molecule has 0 radical (unpaired) electrons. The van der Waals surface area contributed by atoms with Crippen molar-refractivity contribution in [2.75, 3.05) is 0 Å². The minimum absolute atomic E-state index is 0.0163. The van der Waals surface area contributed by atoms with Gasteiger partial charge in [-0.2, -0.15) is 0 Å². The standard InChI is InChI=1S/C6H10FNO2/c7-5(6(9)10)3-1-4(8)2-3/h3-5H,1-2,8H2,(H,9,10). The number of halogens is 1. The molecule has 1 atom stereocenters. The Morgan fingerprint density at radius 2 is 2.20 bits per heavy atom. The first-order valence-corrected chi connectivity index (χ1v) is 3.23. The predicted octanol–water partition coefficient (Wildman–Crippen LogP) is 0.146. The van der Waals surface area contributed by atoms with E-state index in [1.165, 1.54) is 0 Å². The largest absolute Gasteiger partial charge is 0.479 e. The maximum absolute atomic E-state index is 12.5. The molecular formula is C6H10FNO2.